The molecule has 0 aromatic rings. The SMILES string of the molecule is CCCCCCCCCC[N+](C)(CCC[N+](C)(C)CCCCCCCC)CCC[N+](C)(C)CCCCCCCC. The summed E-state index contributed by atoms with van der Waals surface area (Å²) in [5.74, 6) is 0. The number of hydrogen-bond donors (Lipinski definition) is 0. The molecular formula is C37H82N3+3. The topological polar surface area (TPSA) is 0 Å². The molecule has 0 saturated heterocycles. The molecule has 0 atom stereocenters. The largest absolute Gasteiger partial charge is 0.328 e. The highest BCUT2D eigenvalue weighted by Gasteiger charge is 2.25. The van der Waals surface area contributed by atoms with Crippen LogP contribution in [0.4, 0.5) is 0 Å². The average molecular weight is 569 g/mol. The van der Waals surface area contributed by atoms with Crippen LogP contribution in [0.25, 0.3) is 0 Å². The molecule has 0 aliphatic heterocycles. The first-order valence-corrected chi connectivity index (χ1v) is 18.6. The summed E-state index contributed by atoms with van der Waals surface area (Å²) in [4.78, 5) is 0. The van der Waals surface area contributed by atoms with E-state index < -0.39 is 0 Å². The molecule has 0 bridgehead atoms. The smallest absolute Gasteiger partial charge is 0.0839 e. The van der Waals surface area contributed by atoms with Gasteiger partial charge in [-0.25, -0.2) is 0 Å². The molecule has 0 aromatic carbocycles. The maximum Gasteiger partial charge on any atom is 0.0839 e. The Morgan fingerprint density at radius 1 is 0.250 bits per heavy atom. The van der Waals surface area contributed by atoms with Crippen molar-refractivity contribution < 1.29 is 13.4 Å². The number of rotatable bonds is 31. The van der Waals surface area contributed by atoms with Gasteiger partial charge in [-0.3, -0.25) is 0 Å². The highest BCUT2D eigenvalue weighted by molar-refractivity contribution is 4.51. The summed E-state index contributed by atoms with van der Waals surface area (Å²) in [6.45, 7) is 16.5. The van der Waals surface area contributed by atoms with E-state index in [9.17, 15) is 0 Å². The molecule has 0 unspecified atom stereocenters. The summed E-state index contributed by atoms with van der Waals surface area (Å²) in [5, 5.41) is 0. The van der Waals surface area contributed by atoms with Gasteiger partial charge in [0.1, 0.15) is 0 Å². The van der Waals surface area contributed by atoms with Crippen LogP contribution < -0.4 is 0 Å². The molecule has 0 spiro atoms. The zero-order valence-electron chi connectivity index (χ0n) is 29.8. The van der Waals surface area contributed by atoms with Crippen LogP contribution in [0, 0.1) is 0 Å². The third-order valence-corrected chi connectivity index (χ3v) is 9.71. The monoisotopic (exact) mass is 569 g/mol. The third kappa shape index (κ3) is 25.6. The highest BCUT2D eigenvalue weighted by Crippen LogP contribution is 2.16. The molecule has 0 aliphatic rings. The molecular weight excluding hydrogens is 486 g/mol. The van der Waals surface area contributed by atoms with Crippen molar-refractivity contribution in [1.82, 2.24) is 0 Å². The maximum absolute atomic E-state index is 2.60. The summed E-state index contributed by atoms with van der Waals surface area (Å²) in [6.07, 6.45) is 31.2. The van der Waals surface area contributed by atoms with E-state index in [0.717, 1.165) is 0 Å². The van der Waals surface area contributed by atoms with Gasteiger partial charge in [0.25, 0.3) is 0 Å². The predicted molar refractivity (Wildman–Crippen MR) is 183 cm³/mol. The van der Waals surface area contributed by atoms with E-state index in [4.69, 9.17) is 0 Å². The van der Waals surface area contributed by atoms with Gasteiger partial charge in [-0.05, 0) is 38.5 Å². The number of hydrogen-bond acceptors (Lipinski definition) is 0. The Kier molecular flexibility index (Phi) is 25.3. The quantitative estimate of drug-likeness (QED) is 0.0576. The predicted octanol–water partition coefficient (Wildman–Crippen LogP) is 10.2. The van der Waals surface area contributed by atoms with E-state index in [1.54, 1.807) is 0 Å². The van der Waals surface area contributed by atoms with Crippen molar-refractivity contribution in [2.24, 2.45) is 0 Å². The molecule has 0 rings (SSSR count). The van der Waals surface area contributed by atoms with E-state index in [1.165, 1.54) is 201 Å². The van der Waals surface area contributed by atoms with Crippen molar-refractivity contribution >= 4 is 0 Å². The van der Waals surface area contributed by atoms with Gasteiger partial charge in [0.05, 0.1) is 81.1 Å². The fourth-order valence-corrected chi connectivity index (χ4v) is 6.59. The second-order valence-electron chi connectivity index (χ2n) is 15.3. The second kappa shape index (κ2) is 25.4. The van der Waals surface area contributed by atoms with E-state index in [0.29, 0.717) is 0 Å². The normalized spacial score (nSPS) is 12.9. The molecule has 0 heterocycles. The van der Waals surface area contributed by atoms with Crippen LogP contribution in [0.2, 0.25) is 0 Å². The van der Waals surface area contributed by atoms with E-state index in [2.05, 4.69) is 56.0 Å². The van der Waals surface area contributed by atoms with E-state index >= 15 is 0 Å². The van der Waals surface area contributed by atoms with Gasteiger partial charge < -0.3 is 13.4 Å². The number of unbranched alkanes of at least 4 members (excludes halogenated alkanes) is 17. The number of nitrogens with zero attached hydrogens (tertiary/aromatic N) is 3. The summed E-state index contributed by atoms with van der Waals surface area (Å²) in [6, 6.07) is 0. The Hall–Kier alpha value is -0.120. The first-order valence-electron chi connectivity index (χ1n) is 18.6. The first-order chi connectivity index (χ1) is 19.1. The van der Waals surface area contributed by atoms with Gasteiger partial charge in [-0.2, -0.15) is 0 Å². The lowest BCUT2D eigenvalue weighted by Crippen LogP contribution is -2.50. The molecule has 0 fully saturated rings. The van der Waals surface area contributed by atoms with Crippen LogP contribution in [0.5, 0.6) is 0 Å². The molecule has 0 aliphatic carbocycles. The Labute approximate surface area is 256 Å². The van der Waals surface area contributed by atoms with Gasteiger partial charge in [0.2, 0.25) is 0 Å². The minimum atomic E-state index is 1.22. The summed E-state index contributed by atoms with van der Waals surface area (Å²) in [7, 11) is 12.5. The molecule has 0 N–H and O–H groups in total. The fourth-order valence-electron chi connectivity index (χ4n) is 6.59. The van der Waals surface area contributed by atoms with Gasteiger partial charge in [-0.1, -0.05) is 111 Å². The lowest BCUT2D eigenvalue weighted by atomic mass is 10.1. The average Bonchev–Trinajstić information content (AvgIpc) is 2.89. The second-order valence-corrected chi connectivity index (χ2v) is 15.3. The van der Waals surface area contributed by atoms with Crippen molar-refractivity contribution in [3.05, 3.63) is 0 Å². The van der Waals surface area contributed by atoms with Crippen LogP contribution in [0.1, 0.15) is 162 Å². The summed E-state index contributed by atoms with van der Waals surface area (Å²) in [5.41, 5.74) is 0. The number of quaternary nitrogens is 3. The molecule has 0 amide bonds. The fraction of sp³-hybridized carbons (Fsp3) is 1.00. The molecule has 242 valence electrons. The van der Waals surface area contributed by atoms with Gasteiger partial charge in [0.15, 0.2) is 0 Å². The van der Waals surface area contributed by atoms with Crippen LogP contribution in [0.3, 0.4) is 0 Å². The minimum Gasteiger partial charge on any atom is -0.328 e. The van der Waals surface area contributed by atoms with Crippen molar-refractivity contribution in [3.63, 3.8) is 0 Å². The Bertz CT molecular complexity index is 494. The molecule has 0 radical (unpaired) electrons. The van der Waals surface area contributed by atoms with E-state index in [1.807, 2.05) is 0 Å². The third-order valence-electron chi connectivity index (χ3n) is 9.71. The lowest BCUT2D eigenvalue weighted by Gasteiger charge is -2.38. The summed E-state index contributed by atoms with van der Waals surface area (Å²) >= 11 is 0. The Morgan fingerprint density at radius 3 is 0.800 bits per heavy atom. The maximum atomic E-state index is 2.60. The standard InChI is InChI=1S/C37H82N3/c1-9-12-15-18-21-22-25-28-35-40(8,36-29-33-38(4,5)31-26-23-19-16-13-10-2)37-30-34-39(6,7)32-27-24-20-17-14-11-3/h9-37H2,1-8H3/q+3. The van der Waals surface area contributed by atoms with Crippen LogP contribution in [-0.2, 0) is 0 Å². The lowest BCUT2D eigenvalue weighted by molar-refractivity contribution is -0.928. The zero-order valence-corrected chi connectivity index (χ0v) is 29.8. The first kappa shape index (κ1) is 39.9. The molecule has 3 nitrogen and oxygen atoms in total. The Morgan fingerprint density at radius 2 is 0.475 bits per heavy atom. The molecule has 40 heavy (non-hydrogen) atoms. The molecule has 0 aromatic heterocycles. The van der Waals surface area contributed by atoms with Crippen molar-refractivity contribution in [3.8, 4) is 0 Å². The Balaban J connectivity index is 4.60. The zero-order chi connectivity index (χ0) is 30.0. The van der Waals surface area contributed by atoms with Crippen LogP contribution in [0.15, 0.2) is 0 Å². The summed E-state index contributed by atoms with van der Waals surface area (Å²) < 4.78 is 3.74. The highest BCUT2D eigenvalue weighted by atomic mass is 15.4. The van der Waals surface area contributed by atoms with Crippen molar-refractivity contribution in [2.45, 2.75) is 162 Å². The van der Waals surface area contributed by atoms with Crippen LogP contribution >= 0.6 is 0 Å². The van der Waals surface area contributed by atoms with Crippen LogP contribution in [-0.4, -0.2) is 94.5 Å². The van der Waals surface area contributed by atoms with Gasteiger partial charge in [0, 0.05) is 12.8 Å². The molecule has 0 saturated carbocycles. The van der Waals surface area contributed by atoms with Crippen molar-refractivity contribution in [1.29, 1.82) is 0 Å². The minimum absolute atomic E-state index is 1.22. The van der Waals surface area contributed by atoms with Gasteiger partial charge in [-0.15, -0.1) is 0 Å². The van der Waals surface area contributed by atoms with Gasteiger partial charge >= 0.3 is 0 Å². The van der Waals surface area contributed by atoms with Crippen molar-refractivity contribution in [2.75, 3.05) is 81.1 Å². The van der Waals surface area contributed by atoms with E-state index in [-0.39, 0.29) is 0 Å². The molecule has 3 heteroatoms.